The van der Waals surface area contributed by atoms with Gasteiger partial charge in [-0.2, -0.15) is 0 Å². The van der Waals surface area contributed by atoms with Gasteiger partial charge in [-0.05, 0) is 6.92 Å². The summed E-state index contributed by atoms with van der Waals surface area (Å²) in [5.41, 5.74) is 0. The summed E-state index contributed by atoms with van der Waals surface area (Å²) in [5.74, 6) is -3.38. The van der Waals surface area contributed by atoms with Gasteiger partial charge in [-0.3, -0.25) is 0 Å². The Kier molecular flexibility index (Phi) is 5.61. The van der Waals surface area contributed by atoms with Gasteiger partial charge in [0.05, 0.1) is 12.3 Å². The molecular formula is C8H17F2NO3S. The van der Waals surface area contributed by atoms with Crippen molar-refractivity contribution in [2.45, 2.75) is 25.8 Å². The third-order valence-corrected chi connectivity index (χ3v) is 3.77. The fourth-order valence-electron chi connectivity index (χ4n) is 0.937. The Morgan fingerprint density at radius 3 is 2.40 bits per heavy atom. The zero-order valence-corrected chi connectivity index (χ0v) is 9.65. The first-order valence-corrected chi connectivity index (χ1v) is 6.47. The molecule has 0 aromatic rings. The maximum Gasteiger partial charge on any atom is 0.282 e. The molecule has 15 heavy (non-hydrogen) atoms. The number of sulfone groups is 1. The molecule has 92 valence electrons. The van der Waals surface area contributed by atoms with Crippen molar-refractivity contribution in [2.75, 3.05) is 24.7 Å². The zero-order valence-electron chi connectivity index (χ0n) is 8.83. The summed E-state index contributed by atoms with van der Waals surface area (Å²) in [6.45, 7) is 1.06. The highest BCUT2D eigenvalue weighted by atomic mass is 32.2. The molecule has 4 nitrogen and oxygen atoms in total. The number of aliphatic hydroxyl groups excluding tert-OH is 1. The van der Waals surface area contributed by atoms with E-state index in [1.165, 1.54) is 13.8 Å². The van der Waals surface area contributed by atoms with E-state index in [1.54, 1.807) is 0 Å². The first kappa shape index (κ1) is 14.7. The second kappa shape index (κ2) is 5.72. The molecule has 7 heteroatoms. The van der Waals surface area contributed by atoms with Gasteiger partial charge < -0.3 is 10.4 Å². The van der Waals surface area contributed by atoms with Gasteiger partial charge in [0.2, 0.25) is 0 Å². The van der Waals surface area contributed by atoms with Gasteiger partial charge in [0.25, 0.3) is 5.92 Å². The van der Waals surface area contributed by atoms with E-state index in [2.05, 4.69) is 5.32 Å². The van der Waals surface area contributed by atoms with E-state index in [9.17, 15) is 17.2 Å². The topological polar surface area (TPSA) is 66.4 Å². The fourth-order valence-corrected chi connectivity index (χ4v) is 2.05. The van der Waals surface area contributed by atoms with Crippen molar-refractivity contribution >= 4 is 9.84 Å². The monoisotopic (exact) mass is 245 g/mol. The van der Waals surface area contributed by atoms with Crippen LogP contribution in [0.1, 0.15) is 13.8 Å². The third-order valence-electron chi connectivity index (χ3n) is 1.88. The number of halogens is 2. The molecule has 0 aromatic carbocycles. The van der Waals surface area contributed by atoms with Crippen LogP contribution in [0.3, 0.4) is 0 Å². The minimum Gasteiger partial charge on any atom is -0.390 e. The molecule has 2 N–H and O–H groups in total. The minimum absolute atomic E-state index is 0.00455. The van der Waals surface area contributed by atoms with Gasteiger partial charge in [-0.1, -0.05) is 6.92 Å². The van der Waals surface area contributed by atoms with E-state index >= 15 is 0 Å². The van der Waals surface area contributed by atoms with Crippen LogP contribution in [-0.2, 0) is 9.84 Å². The van der Waals surface area contributed by atoms with Gasteiger partial charge in [-0.25, -0.2) is 17.2 Å². The van der Waals surface area contributed by atoms with Crippen LogP contribution in [0.5, 0.6) is 0 Å². The van der Waals surface area contributed by atoms with Crippen molar-refractivity contribution in [3.63, 3.8) is 0 Å². The lowest BCUT2D eigenvalue weighted by atomic mass is 10.3. The lowest BCUT2D eigenvalue weighted by molar-refractivity contribution is -0.0486. The molecule has 0 bridgehead atoms. The Hall–Kier alpha value is -0.270. The van der Waals surface area contributed by atoms with Crippen molar-refractivity contribution in [3.8, 4) is 0 Å². The number of alkyl halides is 2. The van der Waals surface area contributed by atoms with Crippen LogP contribution in [-0.4, -0.2) is 50.1 Å². The van der Waals surface area contributed by atoms with Crippen LogP contribution in [0.15, 0.2) is 0 Å². The van der Waals surface area contributed by atoms with E-state index in [4.69, 9.17) is 5.11 Å². The molecule has 1 atom stereocenters. The number of rotatable bonds is 7. The third kappa shape index (κ3) is 6.75. The van der Waals surface area contributed by atoms with Crippen molar-refractivity contribution in [2.24, 2.45) is 0 Å². The van der Waals surface area contributed by atoms with E-state index in [-0.39, 0.29) is 11.5 Å². The molecule has 0 aliphatic heterocycles. The summed E-state index contributed by atoms with van der Waals surface area (Å²) in [6.07, 6.45) is 0. The van der Waals surface area contributed by atoms with Gasteiger partial charge in [0.1, 0.15) is 6.61 Å². The van der Waals surface area contributed by atoms with Gasteiger partial charge in [0, 0.05) is 11.8 Å². The largest absolute Gasteiger partial charge is 0.390 e. The SMILES string of the molecule is CCS(=O)(=O)CC(C)NCC(F)(F)CO. The highest BCUT2D eigenvalue weighted by molar-refractivity contribution is 7.91. The predicted molar refractivity (Wildman–Crippen MR) is 53.8 cm³/mol. The molecule has 0 saturated heterocycles. The van der Waals surface area contributed by atoms with E-state index in [0.29, 0.717) is 0 Å². The molecule has 0 amide bonds. The quantitative estimate of drug-likeness (QED) is 0.664. The molecule has 0 aliphatic carbocycles. The molecule has 0 aromatic heterocycles. The Morgan fingerprint density at radius 2 is 2.00 bits per heavy atom. The molecular weight excluding hydrogens is 228 g/mol. The summed E-state index contributed by atoms with van der Waals surface area (Å²) in [7, 11) is -3.16. The Morgan fingerprint density at radius 1 is 1.47 bits per heavy atom. The van der Waals surface area contributed by atoms with Crippen molar-refractivity contribution in [3.05, 3.63) is 0 Å². The van der Waals surface area contributed by atoms with Crippen LogP contribution in [0.2, 0.25) is 0 Å². The molecule has 0 heterocycles. The smallest absolute Gasteiger partial charge is 0.282 e. The predicted octanol–water partition coefficient (Wildman–Crippen LogP) is 0.0268. The van der Waals surface area contributed by atoms with Gasteiger partial charge in [-0.15, -0.1) is 0 Å². The first-order chi connectivity index (χ1) is 6.72. The minimum atomic E-state index is -3.20. The molecule has 0 saturated carbocycles. The number of hydrogen-bond donors (Lipinski definition) is 2. The summed E-state index contributed by atoms with van der Waals surface area (Å²) in [4.78, 5) is 0. The van der Waals surface area contributed by atoms with Crippen LogP contribution >= 0.6 is 0 Å². The number of nitrogens with one attached hydrogen (secondary N) is 1. The highest BCUT2D eigenvalue weighted by Gasteiger charge is 2.28. The standard InChI is InChI=1S/C8H17F2NO3S/c1-3-15(13,14)4-7(2)11-5-8(9,10)6-12/h7,11-12H,3-6H2,1-2H3. The van der Waals surface area contributed by atoms with Crippen LogP contribution in [0.25, 0.3) is 0 Å². The van der Waals surface area contributed by atoms with E-state index in [0.717, 1.165) is 0 Å². The molecule has 0 aliphatic rings. The fraction of sp³-hybridized carbons (Fsp3) is 1.00. The lowest BCUT2D eigenvalue weighted by Crippen LogP contribution is -2.42. The van der Waals surface area contributed by atoms with E-state index in [1.807, 2.05) is 0 Å². The highest BCUT2D eigenvalue weighted by Crippen LogP contribution is 2.10. The molecule has 1 unspecified atom stereocenters. The Balaban J connectivity index is 4.01. The van der Waals surface area contributed by atoms with Crippen molar-refractivity contribution in [1.82, 2.24) is 5.32 Å². The molecule has 0 spiro atoms. The average molecular weight is 245 g/mol. The lowest BCUT2D eigenvalue weighted by Gasteiger charge is -2.18. The molecule has 0 radical (unpaired) electrons. The summed E-state index contributed by atoms with van der Waals surface area (Å²) in [6, 6.07) is -0.549. The number of hydrogen-bond acceptors (Lipinski definition) is 4. The van der Waals surface area contributed by atoms with Gasteiger partial charge >= 0.3 is 0 Å². The summed E-state index contributed by atoms with van der Waals surface area (Å²) < 4.78 is 47.4. The maximum atomic E-state index is 12.6. The number of aliphatic hydroxyl groups is 1. The zero-order chi connectivity index (χ0) is 12.1. The van der Waals surface area contributed by atoms with Crippen molar-refractivity contribution < 1.29 is 22.3 Å². The summed E-state index contributed by atoms with van der Waals surface area (Å²) in [5, 5.41) is 10.7. The Bertz CT molecular complexity index is 280. The average Bonchev–Trinajstić information content (AvgIpc) is 2.15. The first-order valence-electron chi connectivity index (χ1n) is 4.65. The van der Waals surface area contributed by atoms with Gasteiger partial charge in [0.15, 0.2) is 9.84 Å². The Labute approximate surface area is 88.6 Å². The van der Waals surface area contributed by atoms with Crippen LogP contribution < -0.4 is 5.32 Å². The summed E-state index contributed by atoms with van der Waals surface area (Å²) >= 11 is 0. The van der Waals surface area contributed by atoms with Crippen molar-refractivity contribution in [1.29, 1.82) is 0 Å². The normalized spacial score (nSPS) is 15.3. The van der Waals surface area contributed by atoms with Crippen LogP contribution in [0.4, 0.5) is 8.78 Å². The second-order valence-electron chi connectivity index (χ2n) is 3.49. The molecule has 0 fully saturated rings. The second-order valence-corrected chi connectivity index (χ2v) is 5.89. The maximum absolute atomic E-state index is 12.6. The van der Waals surface area contributed by atoms with Crippen LogP contribution in [0, 0.1) is 0 Å². The molecule has 0 rings (SSSR count). The van der Waals surface area contributed by atoms with E-state index < -0.39 is 35.0 Å².